The van der Waals surface area contributed by atoms with Crippen LogP contribution in [0.15, 0.2) is 59.8 Å². The highest BCUT2D eigenvalue weighted by Crippen LogP contribution is 2.21. The van der Waals surface area contributed by atoms with Gasteiger partial charge in [-0.1, -0.05) is 30.3 Å². The molecule has 164 valence electrons. The van der Waals surface area contributed by atoms with E-state index < -0.39 is 0 Å². The van der Waals surface area contributed by atoms with Crippen molar-refractivity contribution in [3.05, 3.63) is 71.7 Å². The average Bonchev–Trinajstić information content (AvgIpc) is 3.28. The van der Waals surface area contributed by atoms with Gasteiger partial charge in [0.2, 0.25) is 17.8 Å². The van der Waals surface area contributed by atoms with Gasteiger partial charge in [0.05, 0.1) is 26.0 Å². The molecule has 0 unspecified atom stereocenters. The number of rotatable bonds is 6. The van der Waals surface area contributed by atoms with Crippen molar-refractivity contribution in [3.8, 4) is 0 Å². The standard InChI is InChI=1S/C23H21N9O/c1-24-17-6-8-18(9-7-17)27-21-28-22(30-23(29-21)32-10-12-33-13-11-32)31-26-15-16-14-25-20-5-3-2-4-19(16)20/h2-9,14-15,25H,10-13H2,(H2,27,28,29,30,31)/b26-15+. The third-order valence-electron chi connectivity index (χ3n) is 5.16. The number of hydrazone groups is 1. The number of aromatic amines is 1. The maximum absolute atomic E-state index is 7.10. The summed E-state index contributed by atoms with van der Waals surface area (Å²) in [5, 5.41) is 8.60. The summed E-state index contributed by atoms with van der Waals surface area (Å²) in [5.41, 5.74) is 6.27. The molecule has 0 radical (unpaired) electrons. The van der Waals surface area contributed by atoms with Gasteiger partial charge in [-0.2, -0.15) is 20.1 Å². The Labute approximate surface area is 190 Å². The number of para-hydroxylation sites is 1. The number of fused-ring (bicyclic) bond motifs is 1. The second-order valence-electron chi connectivity index (χ2n) is 7.33. The van der Waals surface area contributed by atoms with Crippen LogP contribution >= 0.6 is 0 Å². The SMILES string of the molecule is [C-]#[N+]c1ccc(Nc2nc(N/N=C/c3c[nH]c4ccccc34)nc(N3CCOCC3)n2)cc1. The van der Waals surface area contributed by atoms with Crippen LogP contribution in [-0.4, -0.2) is 52.5 Å². The van der Waals surface area contributed by atoms with Crippen LogP contribution in [0.25, 0.3) is 15.7 Å². The average molecular weight is 439 g/mol. The zero-order valence-electron chi connectivity index (χ0n) is 17.7. The number of benzene rings is 2. The van der Waals surface area contributed by atoms with E-state index in [1.165, 1.54) is 0 Å². The highest BCUT2D eigenvalue weighted by molar-refractivity contribution is 5.99. The Balaban J connectivity index is 1.39. The molecule has 10 heteroatoms. The molecule has 1 fully saturated rings. The first-order valence-electron chi connectivity index (χ1n) is 10.5. The van der Waals surface area contributed by atoms with E-state index in [0.717, 1.165) is 22.2 Å². The molecule has 1 aliphatic rings. The van der Waals surface area contributed by atoms with Crippen LogP contribution < -0.4 is 15.6 Å². The number of anilines is 4. The quantitative estimate of drug-likeness (QED) is 0.237. The molecule has 0 saturated carbocycles. The fourth-order valence-corrected chi connectivity index (χ4v) is 3.48. The molecule has 4 aromatic rings. The van der Waals surface area contributed by atoms with E-state index in [4.69, 9.17) is 11.3 Å². The van der Waals surface area contributed by atoms with E-state index >= 15 is 0 Å². The van der Waals surface area contributed by atoms with Gasteiger partial charge in [0, 0.05) is 41.4 Å². The number of nitrogens with zero attached hydrogens (tertiary/aromatic N) is 6. The second kappa shape index (κ2) is 9.33. The van der Waals surface area contributed by atoms with Crippen LogP contribution in [0.3, 0.4) is 0 Å². The van der Waals surface area contributed by atoms with Gasteiger partial charge < -0.3 is 19.9 Å². The largest absolute Gasteiger partial charge is 0.378 e. The summed E-state index contributed by atoms with van der Waals surface area (Å²) >= 11 is 0. The summed E-state index contributed by atoms with van der Waals surface area (Å²) in [6.45, 7) is 9.73. The molecule has 1 saturated heterocycles. The number of hydrogen-bond donors (Lipinski definition) is 3. The number of ether oxygens (including phenoxy) is 1. The van der Waals surface area contributed by atoms with Crippen molar-refractivity contribution in [2.24, 2.45) is 5.10 Å². The van der Waals surface area contributed by atoms with Crippen molar-refractivity contribution < 1.29 is 4.74 Å². The molecule has 0 atom stereocenters. The Hall–Kier alpha value is -4.49. The van der Waals surface area contributed by atoms with Gasteiger partial charge in [-0.15, -0.1) is 0 Å². The summed E-state index contributed by atoms with van der Waals surface area (Å²) in [6.07, 6.45) is 3.63. The summed E-state index contributed by atoms with van der Waals surface area (Å²) < 4.78 is 5.45. The molecule has 0 bridgehead atoms. The van der Waals surface area contributed by atoms with Crippen molar-refractivity contribution >= 4 is 46.3 Å². The lowest BCUT2D eigenvalue weighted by Gasteiger charge is -2.27. The maximum Gasteiger partial charge on any atom is 0.250 e. The first-order valence-corrected chi connectivity index (χ1v) is 10.5. The highest BCUT2D eigenvalue weighted by Gasteiger charge is 2.16. The minimum atomic E-state index is 0.322. The molecule has 0 spiro atoms. The third-order valence-corrected chi connectivity index (χ3v) is 5.16. The second-order valence-corrected chi connectivity index (χ2v) is 7.33. The maximum atomic E-state index is 7.10. The Bertz CT molecular complexity index is 1320. The molecule has 2 aromatic carbocycles. The van der Waals surface area contributed by atoms with Gasteiger partial charge in [-0.25, -0.2) is 10.3 Å². The van der Waals surface area contributed by atoms with Crippen LogP contribution in [0.4, 0.5) is 29.2 Å². The van der Waals surface area contributed by atoms with Gasteiger partial charge in [0.15, 0.2) is 5.69 Å². The Morgan fingerprint density at radius 3 is 2.64 bits per heavy atom. The smallest absolute Gasteiger partial charge is 0.250 e. The van der Waals surface area contributed by atoms with Crippen LogP contribution in [0.5, 0.6) is 0 Å². The predicted molar refractivity (Wildman–Crippen MR) is 128 cm³/mol. The molecule has 1 aliphatic heterocycles. The Kier molecular flexibility index (Phi) is 5.77. The Morgan fingerprint density at radius 2 is 1.82 bits per heavy atom. The fraction of sp³-hybridized carbons (Fsp3) is 0.174. The molecular formula is C23H21N9O. The van der Waals surface area contributed by atoms with Crippen molar-refractivity contribution in [2.45, 2.75) is 0 Å². The van der Waals surface area contributed by atoms with E-state index in [-0.39, 0.29) is 0 Å². The number of nitrogens with one attached hydrogen (secondary N) is 3. The summed E-state index contributed by atoms with van der Waals surface area (Å²) in [4.78, 5) is 22.3. The van der Waals surface area contributed by atoms with Gasteiger partial charge in [0.25, 0.3) is 0 Å². The Morgan fingerprint density at radius 1 is 1.03 bits per heavy atom. The minimum Gasteiger partial charge on any atom is -0.378 e. The lowest BCUT2D eigenvalue weighted by molar-refractivity contribution is 0.122. The summed E-state index contributed by atoms with van der Waals surface area (Å²) in [7, 11) is 0. The number of morpholine rings is 1. The van der Waals surface area contributed by atoms with Crippen LogP contribution in [-0.2, 0) is 4.74 Å². The van der Waals surface area contributed by atoms with Crippen molar-refractivity contribution in [1.29, 1.82) is 0 Å². The zero-order chi connectivity index (χ0) is 22.5. The number of H-pyrrole nitrogens is 1. The molecule has 2 aromatic heterocycles. The number of aromatic nitrogens is 4. The summed E-state index contributed by atoms with van der Waals surface area (Å²) in [5.74, 6) is 1.24. The van der Waals surface area contributed by atoms with E-state index in [1.807, 2.05) is 47.5 Å². The topological polar surface area (TPSA) is 108 Å². The molecule has 3 N–H and O–H groups in total. The first-order chi connectivity index (χ1) is 16.3. The number of hydrogen-bond acceptors (Lipinski definition) is 8. The van der Waals surface area contributed by atoms with Crippen molar-refractivity contribution in [1.82, 2.24) is 19.9 Å². The van der Waals surface area contributed by atoms with Gasteiger partial charge in [0.1, 0.15) is 0 Å². The van der Waals surface area contributed by atoms with E-state index in [0.29, 0.717) is 49.8 Å². The molecular weight excluding hydrogens is 418 g/mol. The molecule has 0 amide bonds. The van der Waals surface area contributed by atoms with Crippen LogP contribution in [0, 0.1) is 6.57 Å². The molecule has 3 heterocycles. The van der Waals surface area contributed by atoms with E-state index in [1.54, 1.807) is 18.3 Å². The van der Waals surface area contributed by atoms with E-state index in [2.05, 4.69) is 40.6 Å². The monoisotopic (exact) mass is 439 g/mol. The molecule has 10 nitrogen and oxygen atoms in total. The van der Waals surface area contributed by atoms with Crippen LogP contribution in [0.2, 0.25) is 0 Å². The predicted octanol–water partition coefficient (Wildman–Crippen LogP) is 3.93. The summed E-state index contributed by atoms with van der Waals surface area (Å²) in [6, 6.07) is 15.1. The van der Waals surface area contributed by atoms with Crippen molar-refractivity contribution in [3.63, 3.8) is 0 Å². The fourth-order valence-electron chi connectivity index (χ4n) is 3.48. The van der Waals surface area contributed by atoms with E-state index in [9.17, 15) is 0 Å². The van der Waals surface area contributed by atoms with Crippen LogP contribution in [0.1, 0.15) is 5.56 Å². The third kappa shape index (κ3) is 4.73. The van der Waals surface area contributed by atoms with Crippen molar-refractivity contribution in [2.75, 3.05) is 41.9 Å². The lowest BCUT2D eigenvalue weighted by atomic mass is 10.2. The minimum absolute atomic E-state index is 0.322. The van der Waals surface area contributed by atoms with Gasteiger partial charge in [-0.3, -0.25) is 0 Å². The molecule has 5 rings (SSSR count). The van der Waals surface area contributed by atoms with Gasteiger partial charge >= 0.3 is 0 Å². The lowest BCUT2D eigenvalue weighted by Crippen LogP contribution is -2.37. The highest BCUT2D eigenvalue weighted by atomic mass is 16.5. The molecule has 0 aliphatic carbocycles. The first kappa shape index (κ1) is 20.4. The zero-order valence-corrected chi connectivity index (χ0v) is 17.7. The van der Waals surface area contributed by atoms with Gasteiger partial charge in [-0.05, 0) is 18.2 Å². The molecule has 33 heavy (non-hydrogen) atoms. The normalized spacial score (nSPS) is 13.8.